The van der Waals surface area contributed by atoms with Crippen LogP contribution in [0.3, 0.4) is 0 Å². The van der Waals surface area contributed by atoms with Gasteiger partial charge in [-0.2, -0.15) is 5.10 Å². The molecule has 0 aliphatic rings. The maximum atomic E-state index is 4.03. The van der Waals surface area contributed by atoms with Crippen LogP contribution in [0, 0.1) is 6.92 Å². The predicted molar refractivity (Wildman–Crippen MR) is 35.5 cm³/mol. The molecule has 0 radical (unpaired) electrons. The lowest BCUT2D eigenvalue weighted by Gasteiger charge is -1.89. The van der Waals surface area contributed by atoms with Gasteiger partial charge in [0.05, 0.1) is 6.20 Å². The number of rotatable bonds is 0. The fourth-order valence-corrected chi connectivity index (χ4v) is 0.817. The van der Waals surface area contributed by atoms with E-state index in [-0.39, 0.29) is 0 Å². The first-order chi connectivity index (χ1) is 4.86. The molecule has 0 unspecified atom stereocenters. The normalized spacial score (nSPS) is 10.5. The maximum Gasteiger partial charge on any atom is 0.177 e. The quantitative estimate of drug-likeness (QED) is 0.524. The molecule has 0 saturated carbocycles. The highest BCUT2D eigenvalue weighted by atomic mass is 15.3. The second-order valence-electron chi connectivity index (χ2n) is 2.17. The van der Waals surface area contributed by atoms with Crippen LogP contribution in [-0.4, -0.2) is 19.8 Å². The molecule has 4 nitrogen and oxygen atoms in total. The summed E-state index contributed by atoms with van der Waals surface area (Å²) < 4.78 is 1.63. The van der Waals surface area contributed by atoms with E-state index < -0.39 is 0 Å². The number of hydrogen-bond donors (Lipinski definition) is 0. The van der Waals surface area contributed by atoms with E-state index in [9.17, 15) is 0 Å². The van der Waals surface area contributed by atoms with Crippen LogP contribution in [0.5, 0.6) is 0 Å². The second kappa shape index (κ2) is 1.76. The third-order valence-electron chi connectivity index (χ3n) is 1.30. The first kappa shape index (κ1) is 5.34. The zero-order valence-electron chi connectivity index (χ0n) is 5.52. The van der Waals surface area contributed by atoms with Gasteiger partial charge in [0.2, 0.25) is 0 Å². The zero-order chi connectivity index (χ0) is 6.97. The first-order valence-corrected chi connectivity index (χ1v) is 2.99. The Kier molecular flexibility index (Phi) is 0.943. The molecule has 0 aromatic carbocycles. The molecule has 0 N–H and O–H groups in total. The van der Waals surface area contributed by atoms with Crippen molar-refractivity contribution < 1.29 is 0 Å². The van der Waals surface area contributed by atoms with Crippen molar-refractivity contribution in [1.29, 1.82) is 0 Å². The molecule has 2 heterocycles. The Hall–Kier alpha value is -1.45. The average molecular weight is 134 g/mol. The van der Waals surface area contributed by atoms with E-state index in [4.69, 9.17) is 0 Å². The van der Waals surface area contributed by atoms with E-state index in [1.54, 1.807) is 17.0 Å². The van der Waals surface area contributed by atoms with Gasteiger partial charge in [0, 0.05) is 0 Å². The molecule has 0 aliphatic heterocycles. The van der Waals surface area contributed by atoms with Crippen molar-refractivity contribution in [2.24, 2.45) is 0 Å². The summed E-state index contributed by atoms with van der Waals surface area (Å²) in [5.74, 6) is 0. The summed E-state index contributed by atoms with van der Waals surface area (Å²) in [5, 5.41) is 11.6. The number of aromatic nitrogens is 4. The zero-order valence-corrected chi connectivity index (χ0v) is 5.52. The topological polar surface area (TPSA) is 43.1 Å². The highest BCUT2D eigenvalue weighted by molar-refractivity contribution is 5.36. The van der Waals surface area contributed by atoms with Crippen LogP contribution in [0.2, 0.25) is 0 Å². The summed E-state index contributed by atoms with van der Waals surface area (Å²) in [5.41, 5.74) is 1.89. The Morgan fingerprint density at radius 2 is 2.40 bits per heavy atom. The van der Waals surface area contributed by atoms with E-state index in [2.05, 4.69) is 15.3 Å². The monoisotopic (exact) mass is 134 g/mol. The Labute approximate surface area is 57.5 Å². The van der Waals surface area contributed by atoms with Crippen molar-refractivity contribution in [2.45, 2.75) is 6.92 Å². The summed E-state index contributed by atoms with van der Waals surface area (Å²) >= 11 is 0. The van der Waals surface area contributed by atoms with Gasteiger partial charge in [-0.15, -0.1) is 10.2 Å². The van der Waals surface area contributed by atoms with Crippen LogP contribution in [0.25, 0.3) is 5.65 Å². The van der Waals surface area contributed by atoms with Crippen LogP contribution >= 0.6 is 0 Å². The summed E-state index contributed by atoms with van der Waals surface area (Å²) in [6.07, 6.45) is 3.35. The Balaban J connectivity index is 2.86. The molecule has 0 amide bonds. The SMILES string of the molecule is Cc1cnn2cnnc2c1. The number of nitrogens with zero attached hydrogens (tertiary/aromatic N) is 4. The van der Waals surface area contributed by atoms with E-state index in [1.807, 2.05) is 13.0 Å². The molecule has 2 aromatic rings. The van der Waals surface area contributed by atoms with Gasteiger partial charge in [-0.25, -0.2) is 4.52 Å². The highest BCUT2D eigenvalue weighted by Gasteiger charge is 1.93. The molecular formula is C6H6N4. The van der Waals surface area contributed by atoms with Gasteiger partial charge in [0.25, 0.3) is 0 Å². The third kappa shape index (κ3) is 0.655. The molecule has 50 valence electrons. The van der Waals surface area contributed by atoms with Crippen LogP contribution < -0.4 is 0 Å². The lowest BCUT2D eigenvalue weighted by Crippen LogP contribution is -1.89. The Morgan fingerprint density at radius 3 is 3.30 bits per heavy atom. The Bertz CT molecular complexity index is 351. The molecule has 0 spiro atoms. The van der Waals surface area contributed by atoms with E-state index in [0.717, 1.165) is 11.2 Å². The third-order valence-corrected chi connectivity index (χ3v) is 1.30. The molecule has 0 saturated heterocycles. The van der Waals surface area contributed by atoms with Crippen LogP contribution in [0.4, 0.5) is 0 Å². The highest BCUT2D eigenvalue weighted by Crippen LogP contribution is 1.97. The smallest absolute Gasteiger partial charge is 0.177 e. The van der Waals surface area contributed by atoms with Gasteiger partial charge in [0.1, 0.15) is 6.33 Å². The van der Waals surface area contributed by atoms with E-state index >= 15 is 0 Å². The lowest BCUT2D eigenvalue weighted by atomic mass is 10.3. The second-order valence-corrected chi connectivity index (χ2v) is 2.17. The molecule has 2 rings (SSSR count). The fraction of sp³-hybridized carbons (Fsp3) is 0.167. The molecular weight excluding hydrogens is 128 g/mol. The van der Waals surface area contributed by atoms with Gasteiger partial charge in [0.15, 0.2) is 5.65 Å². The molecule has 0 fully saturated rings. The van der Waals surface area contributed by atoms with Gasteiger partial charge >= 0.3 is 0 Å². The molecule has 2 aromatic heterocycles. The fourth-order valence-electron chi connectivity index (χ4n) is 0.817. The molecule has 4 heteroatoms. The first-order valence-electron chi connectivity index (χ1n) is 2.99. The maximum absolute atomic E-state index is 4.03. The molecule has 0 bridgehead atoms. The number of aryl methyl sites for hydroxylation is 1. The summed E-state index contributed by atoms with van der Waals surface area (Å²) in [4.78, 5) is 0. The Morgan fingerprint density at radius 1 is 1.50 bits per heavy atom. The predicted octanol–water partition coefficient (Wildman–Crippen LogP) is 0.433. The number of fused-ring (bicyclic) bond motifs is 1. The minimum absolute atomic E-state index is 0.792. The van der Waals surface area contributed by atoms with Crippen molar-refractivity contribution in [3.63, 3.8) is 0 Å². The summed E-state index contributed by atoms with van der Waals surface area (Å²) in [6, 6.07) is 1.93. The van der Waals surface area contributed by atoms with Crippen molar-refractivity contribution in [3.8, 4) is 0 Å². The van der Waals surface area contributed by atoms with Crippen LogP contribution in [0.15, 0.2) is 18.6 Å². The minimum Gasteiger partial charge on any atom is -0.201 e. The van der Waals surface area contributed by atoms with Gasteiger partial charge in [-0.1, -0.05) is 0 Å². The van der Waals surface area contributed by atoms with Gasteiger partial charge in [-0.05, 0) is 18.6 Å². The number of hydrogen-bond acceptors (Lipinski definition) is 3. The molecule has 0 atom stereocenters. The van der Waals surface area contributed by atoms with Crippen molar-refractivity contribution in [1.82, 2.24) is 19.8 Å². The minimum atomic E-state index is 0.792. The standard InChI is InChI=1S/C6H6N4/c1-5-2-6-9-7-4-10(6)8-3-5/h2-4H,1H3. The lowest BCUT2D eigenvalue weighted by molar-refractivity contribution is 0.918. The van der Waals surface area contributed by atoms with Crippen LogP contribution in [0.1, 0.15) is 5.56 Å². The summed E-state index contributed by atoms with van der Waals surface area (Å²) in [6.45, 7) is 1.97. The molecule has 0 aliphatic carbocycles. The largest absolute Gasteiger partial charge is 0.201 e. The van der Waals surface area contributed by atoms with E-state index in [0.29, 0.717) is 0 Å². The van der Waals surface area contributed by atoms with Gasteiger partial charge in [-0.3, -0.25) is 0 Å². The average Bonchev–Trinajstić information content (AvgIpc) is 2.33. The van der Waals surface area contributed by atoms with E-state index in [1.165, 1.54) is 0 Å². The van der Waals surface area contributed by atoms with Crippen LogP contribution in [-0.2, 0) is 0 Å². The van der Waals surface area contributed by atoms with Crippen molar-refractivity contribution in [2.75, 3.05) is 0 Å². The molecule has 10 heavy (non-hydrogen) atoms. The summed E-state index contributed by atoms with van der Waals surface area (Å²) in [7, 11) is 0. The van der Waals surface area contributed by atoms with Gasteiger partial charge < -0.3 is 0 Å². The van der Waals surface area contributed by atoms with Crippen molar-refractivity contribution >= 4 is 5.65 Å². The van der Waals surface area contributed by atoms with Crippen molar-refractivity contribution in [3.05, 3.63) is 24.2 Å².